The van der Waals surface area contributed by atoms with Gasteiger partial charge >= 0.3 is 0 Å². The van der Waals surface area contributed by atoms with Crippen LogP contribution in [0.3, 0.4) is 0 Å². The average molecular weight is 410 g/mol. The molecule has 1 aromatic heterocycles. The predicted molar refractivity (Wildman–Crippen MR) is 110 cm³/mol. The summed E-state index contributed by atoms with van der Waals surface area (Å²) in [6, 6.07) is 13.1. The number of ether oxygens (including phenoxy) is 1. The molecular formula is C22H23FN4O3. The first-order valence-electron chi connectivity index (χ1n) is 9.65. The lowest BCUT2D eigenvalue weighted by Gasteiger charge is -2.10. The lowest BCUT2D eigenvalue weighted by atomic mass is 10.2. The molecule has 0 bridgehead atoms. The standard InChI is InChI=1S/C22H23FN4O3/c1-14(2)30-18-5-3-4-16(12-18)21-25-22(29)19(26-27-21)10-11-20(28)24-13-15-6-8-17(23)9-7-15/h3-9,12,14H,10-11,13H2,1-2H3,(H,24,28)(H,25,27,29). The van der Waals surface area contributed by atoms with Gasteiger partial charge in [-0.2, -0.15) is 0 Å². The summed E-state index contributed by atoms with van der Waals surface area (Å²) < 4.78 is 18.6. The minimum atomic E-state index is -0.387. The van der Waals surface area contributed by atoms with Crippen molar-refractivity contribution in [2.24, 2.45) is 0 Å². The van der Waals surface area contributed by atoms with Gasteiger partial charge in [0.15, 0.2) is 5.82 Å². The van der Waals surface area contributed by atoms with E-state index in [0.717, 1.165) is 5.56 Å². The maximum absolute atomic E-state index is 12.9. The molecule has 2 aromatic carbocycles. The highest BCUT2D eigenvalue weighted by molar-refractivity contribution is 5.76. The largest absolute Gasteiger partial charge is 0.491 e. The molecule has 1 amide bonds. The summed E-state index contributed by atoms with van der Waals surface area (Å²) >= 11 is 0. The first kappa shape index (κ1) is 21.2. The Balaban J connectivity index is 1.58. The van der Waals surface area contributed by atoms with Gasteiger partial charge in [-0.25, -0.2) is 4.39 Å². The van der Waals surface area contributed by atoms with Crippen LogP contribution in [0.2, 0.25) is 0 Å². The molecule has 8 heteroatoms. The van der Waals surface area contributed by atoms with Gasteiger partial charge in [0.25, 0.3) is 5.56 Å². The number of H-pyrrole nitrogens is 1. The van der Waals surface area contributed by atoms with E-state index in [1.165, 1.54) is 12.1 Å². The Hall–Kier alpha value is -3.55. The van der Waals surface area contributed by atoms with E-state index in [9.17, 15) is 14.0 Å². The minimum Gasteiger partial charge on any atom is -0.491 e. The number of carbonyl (C=O) groups excluding carboxylic acids is 1. The highest BCUT2D eigenvalue weighted by Crippen LogP contribution is 2.20. The van der Waals surface area contributed by atoms with E-state index >= 15 is 0 Å². The Morgan fingerprint density at radius 2 is 1.93 bits per heavy atom. The van der Waals surface area contributed by atoms with Gasteiger partial charge < -0.3 is 15.0 Å². The number of nitrogens with zero attached hydrogens (tertiary/aromatic N) is 2. The van der Waals surface area contributed by atoms with Crippen LogP contribution in [0, 0.1) is 5.82 Å². The summed E-state index contributed by atoms with van der Waals surface area (Å²) in [6.45, 7) is 4.15. The molecule has 2 N–H and O–H groups in total. The van der Waals surface area contributed by atoms with Gasteiger partial charge in [-0.05, 0) is 43.7 Å². The Labute approximate surface area is 173 Å². The van der Waals surface area contributed by atoms with E-state index in [4.69, 9.17) is 4.74 Å². The molecule has 0 fully saturated rings. The van der Waals surface area contributed by atoms with Gasteiger partial charge in [-0.15, -0.1) is 10.2 Å². The fourth-order valence-electron chi connectivity index (χ4n) is 2.77. The molecule has 0 saturated carbocycles. The highest BCUT2D eigenvalue weighted by Gasteiger charge is 2.10. The highest BCUT2D eigenvalue weighted by atomic mass is 19.1. The smallest absolute Gasteiger partial charge is 0.273 e. The molecule has 7 nitrogen and oxygen atoms in total. The van der Waals surface area contributed by atoms with Gasteiger partial charge in [0, 0.05) is 24.9 Å². The zero-order valence-corrected chi connectivity index (χ0v) is 16.8. The first-order valence-corrected chi connectivity index (χ1v) is 9.65. The fraction of sp³-hybridized carbons (Fsp3) is 0.273. The summed E-state index contributed by atoms with van der Waals surface area (Å²) in [5.74, 6) is 0.444. The van der Waals surface area contributed by atoms with Crippen molar-refractivity contribution < 1.29 is 13.9 Å². The second-order valence-electron chi connectivity index (χ2n) is 7.05. The van der Waals surface area contributed by atoms with Crippen LogP contribution in [0.25, 0.3) is 11.4 Å². The van der Waals surface area contributed by atoms with E-state index in [1.54, 1.807) is 24.3 Å². The molecule has 0 atom stereocenters. The van der Waals surface area contributed by atoms with Crippen molar-refractivity contribution in [3.05, 3.63) is 76.0 Å². The third-order valence-corrected chi connectivity index (χ3v) is 4.24. The van der Waals surface area contributed by atoms with Crippen LogP contribution in [0.5, 0.6) is 5.75 Å². The summed E-state index contributed by atoms with van der Waals surface area (Å²) in [4.78, 5) is 27.1. The lowest BCUT2D eigenvalue weighted by molar-refractivity contribution is -0.121. The molecule has 1 heterocycles. The molecule has 0 spiro atoms. The third kappa shape index (κ3) is 5.97. The Bertz CT molecular complexity index is 1060. The fourth-order valence-corrected chi connectivity index (χ4v) is 2.77. The van der Waals surface area contributed by atoms with E-state index in [2.05, 4.69) is 20.5 Å². The topological polar surface area (TPSA) is 97.0 Å². The van der Waals surface area contributed by atoms with Crippen molar-refractivity contribution in [2.75, 3.05) is 0 Å². The SMILES string of the molecule is CC(C)Oc1cccc(-c2nnc(CCC(=O)NCc3ccc(F)cc3)c(=O)[nH]2)c1. The summed E-state index contributed by atoms with van der Waals surface area (Å²) in [6.07, 6.45) is 0.284. The number of amides is 1. The number of hydrogen-bond acceptors (Lipinski definition) is 5. The van der Waals surface area contributed by atoms with Gasteiger partial charge in [0.2, 0.25) is 5.91 Å². The van der Waals surface area contributed by atoms with Crippen molar-refractivity contribution in [1.29, 1.82) is 0 Å². The predicted octanol–water partition coefficient (Wildman–Crippen LogP) is 3.01. The molecule has 0 aliphatic rings. The minimum absolute atomic E-state index is 0.0296. The third-order valence-electron chi connectivity index (χ3n) is 4.24. The summed E-state index contributed by atoms with van der Waals surface area (Å²) in [7, 11) is 0. The van der Waals surface area contributed by atoms with Gasteiger partial charge in [-0.3, -0.25) is 9.59 Å². The van der Waals surface area contributed by atoms with Crippen molar-refractivity contribution in [2.45, 2.75) is 39.3 Å². The van der Waals surface area contributed by atoms with Crippen LogP contribution in [0.4, 0.5) is 4.39 Å². The first-order chi connectivity index (χ1) is 14.4. The van der Waals surface area contributed by atoms with Crippen molar-refractivity contribution in [3.63, 3.8) is 0 Å². The van der Waals surface area contributed by atoms with Crippen LogP contribution < -0.4 is 15.6 Å². The number of aromatic amines is 1. The number of rotatable bonds is 8. The molecule has 3 rings (SSSR count). The van der Waals surface area contributed by atoms with Crippen LogP contribution in [0.1, 0.15) is 31.5 Å². The Kier molecular flexibility index (Phi) is 6.90. The molecule has 30 heavy (non-hydrogen) atoms. The molecule has 0 unspecified atom stereocenters. The van der Waals surface area contributed by atoms with E-state index in [1.807, 2.05) is 26.0 Å². The molecular weight excluding hydrogens is 387 g/mol. The maximum atomic E-state index is 12.9. The lowest BCUT2D eigenvalue weighted by Crippen LogP contribution is -2.25. The van der Waals surface area contributed by atoms with Crippen LogP contribution in [-0.4, -0.2) is 27.2 Å². The van der Waals surface area contributed by atoms with Crippen molar-refractivity contribution in [3.8, 4) is 17.1 Å². The van der Waals surface area contributed by atoms with E-state index < -0.39 is 0 Å². The van der Waals surface area contributed by atoms with Crippen LogP contribution in [0.15, 0.2) is 53.3 Å². The van der Waals surface area contributed by atoms with Gasteiger partial charge in [0.05, 0.1) is 6.10 Å². The number of hydrogen-bond donors (Lipinski definition) is 2. The van der Waals surface area contributed by atoms with E-state index in [0.29, 0.717) is 17.1 Å². The molecule has 3 aromatic rings. The molecule has 0 saturated heterocycles. The van der Waals surface area contributed by atoms with Crippen LogP contribution >= 0.6 is 0 Å². The number of carbonyl (C=O) groups is 1. The number of benzene rings is 2. The Morgan fingerprint density at radius 3 is 2.63 bits per heavy atom. The number of aromatic nitrogens is 3. The average Bonchev–Trinajstić information content (AvgIpc) is 2.72. The second-order valence-corrected chi connectivity index (χ2v) is 7.05. The van der Waals surface area contributed by atoms with Crippen molar-refractivity contribution in [1.82, 2.24) is 20.5 Å². The monoisotopic (exact) mass is 410 g/mol. The molecule has 0 aliphatic carbocycles. The normalized spacial score (nSPS) is 10.8. The Morgan fingerprint density at radius 1 is 1.17 bits per heavy atom. The van der Waals surface area contributed by atoms with Crippen molar-refractivity contribution >= 4 is 5.91 Å². The molecule has 0 radical (unpaired) electrons. The number of aryl methyl sites for hydroxylation is 1. The number of nitrogens with one attached hydrogen (secondary N) is 2. The molecule has 0 aliphatic heterocycles. The van der Waals surface area contributed by atoms with Gasteiger partial charge in [-0.1, -0.05) is 24.3 Å². The zero-order chi connectivity index (χ0) is 21.5. The molecule has 156 valence electrons. The number of halogens is 1. The second kappa shape index (κ2) is 9.78. The zero-order valence-electron chi connectivity index (χ0n) is 16.8. The van der Waals surface area contributed by atoms with Gasteiger partial charge in [0.1, 0.15) is 17.3 Å². The quantitative estimate of drug-likeness (QED) is 0.595. The van der Waals surface area contributed by atoms with Crippen LogP contribution in [-0.2, 0) is 17.8 Å². The maximum Gasteiger partial charge on any atom is 0.273 e. The summed E-state index contributed by atoms with van der Waals surface area (Å²) in [5.41, 5.74) is 1.27. The van der Waals surface area contributed by atoms with E-state index in [-0.39, 0.29) is 48.5 Å². The summed E-state index contributed by atoms with van der Waals surface area (Å²) in [5, 5.41) is 10.8.